The molecule has 0 aromatic carbocycles. The van der Waals surface area contributed by atoms with Crippen molar-refractivity contribution in [2.75, 3.05) is 36.6 Å². The molecule has 1 aliphatic carbocycles. The second kappa shape index (κ2) is 11.1. The van der Waals surface area contributed by atoms with Gasteiger partial charge in [0.15, 0.2) is 10.8 Å². The molecule has 0 saturated carbocycles. The Morgan fingerprint density at radius 1 is 1.38 bits per heavy atom. The maximum absolute atomic E-state index is 13.2. The van der Waals surface area contributed by atoms with Gasteiger partial charge < -0.3 is 21.0 Å². The van der Waals surface area contributed by atoms with Gasteiger partial charge in [0.2, 0.25) is 0 Å². The lowest BCUT2D eigenvalue weighted by Gasteiger charge is -2.49. The van der Waals surface area contributed by atoms with E-state index in [1.807, 2.05) is 7.05 Å². The SMILES string of the molecule is CCO/N=C(/C(=O)NC1C(=O)N2C(C(=O)O)=C(CN(C)c3sc4c([n+]3C)CCCC4)CS[C@H]12)c1csc(N)n1. The number of carboxylic acids is 1. The van der Waals surface area contributed by atoms with Crippen LogP contribution < -0.4 is 20.5 Å². The van der Waals surface area contributed by atoms with E-state index >= 15 is 0 Å². The molecule has 2 atom stereocenters. The van der Waals surface area contributed by atoms with Gasteiger partial charge >= 0.3 is 11.1 Å². The van der Waals surface area contributed by atoms with Gasteiger partial charge in [0.25, 0.3) is 11.8 Å². The molecular weight excluding hydrogens is 563 g/mol. The molecular formula is C24H30N7O5S3+. The molecule has 2 aromatic heterocycles. The number of aromatic nitrogens is 2. The summed E-state index contributed by atoms with van der Waals surface area (Å²) in [5.41, 5.74) is 7.84. The molecule has 2 aliphatic heterocycles. The lowest BCUT2D eigenvalue weighted by atomic mass is 10.0. The van der Waals surface area contributed by atoms with Crippen LogP contribution >= 0.6 is 34.4 Å². The number of thioether (sulfide) groups is 1. The minimum atomic E-state index is -1.16. The number of likely N-dealkylation sites (N-methyl/N-ethyl adjacent to an activating group) is 1. The van der Waals surface area contributed by atoms with Crippen molar-refractivity contribution < 1.29 is 28.9 Å². The smallest absolute Gasteiger partial charge is 0.352 e. The Morgan fingerprint density at radius 2 is 2.15 bits per heavy atom. The maximum Gasteiger partial charge on any atom is 0.352 e. The lowest BCUT2D eigenvalue weighted by molar-refractivity contribution is -0.662. The number of rotatable bonds is 9. The minimum Gasteiger partial charge on any atom is -0.477 e. The molecule has 4 heterocycles. The van der Waals surface area contributed by atoms with Crippen molar-refractivity contribution in [1.82, 2.24) is 15.2 Å². The summed E-state index contributed by atoms with van der Waals surface area (Å²) in [6.45, 7) is 2.34. The Kier molecular flexibility index (Phi) is 7.82. The molecule has 0 bridgehead atoms. The number of thiazole rings is 2. The second-order valence-corrected chi connectivity index (χ2v) is 12.5. The number of nitrogen functional groups attached to an aromatic ring is 1. The number of carbonyl (C=O) groups is 3. The lowest BCUT2D eigenvalue weighted by Crippen LogP contribution is -2.71. The number of β-lactam (4-membered cyclic amide) rings is 1. The third-order valence-electron chi connectivity index (χ3n) is 6.85. The van der Waals surface area contributed by atoms with Crippen LogP contribution in [0.2, 0.25) is 0 Å². The third kappa shape index (κ3) is 5.10. The molecule has 3 aliphatic rings. The van der Waals surface area contributed by atoms with Gasteiger partial charge in [-0.05, 0) is 26.2 Å². The zero-order chi connectivity index (χ0) is 27.8. The largest absolute Gasteiger partial charge is 0.477 e. The Labute approximate surface area is 237 Å². The van der Waals surface area contributed by atoms with Crippen LogP contribution in [0.15, 0.2) is 21.8 Å². The number of fused-ring (bicyclic) bond motifs is 2. The van der Waals surface area contributed by atoms with Crippen LogP contribution in [-0.4, -0.2) is 75.9 Å². The van der Waals surface area contributed by atoms with Crippen molar-refractivity contribution in [2.24, 2.45) is 12.2 Å². The molecule has 5 rings (SSSR count). The molecule has 12 nitrogen and oxygen atoms in total. The van der Waals surface area contributed by atoms with Crippen molar-refractivity contribution in [3.63, 3.8) is 0 Å². The van der Waals surface area contributed by atoms with Gasteiger partial charge in [0.1, 0.15) is 41.7 Å². The number of carbonyl (C=O) groups excluding carboxylic acids is 2. The molecule has 2 aromatic rings. The number of aryl methyl sites for hydroxylation is 1. The number of anilines is 2. The molecule has 15 heteroatoms. The van der Waals surface area contributed by atoms with Gasteiger partial charge in [0, 0.05) is 23.1 Å². The van der Waals surface area contributed by atoms with Crippen molar-refractivity contribution in [1.29, 1.82) is 0 Å². The van der Waals surface area contributed by atoms with E-state index in [-0.39, 0.29) is 28.8 Å². The van der Waals surface area contributed by atoms with Crippen molar-refractivity contribution in [3.8, 4) is 0 Å². The minimum absolute atomic E-state index is 0.0134. The summed E-state index contributed by atoms with van der Waals surface area (Å²) in [5.74, 6) is -1.87. The molecule has 0 radical (unpaired) electrons. The topological polar surface area (TPSA) is 154 Å². The van der Waals surface area contributed by atoms with E-state index in [0.717, 1.165) is 29.3 Å². The van der Waals surface area contributed by atoms with Gasteiger partial charge in [0.05, 0.1) is 19.0 Å². The quantitative estimate of drug-likeness (QED) is 0.168. The van der Waals surface area contributed by atoms with Crippen LogP contribution in [0.1, 0.15) is 36.0 Å². The van der Waals surface area contributed by atoms with E-state index in [1.165, 1.54) is 40.1 Å². The third-order valence-corrected chi connectivity index (χ3v) is 10.3. The van der Waals surface area contributed by atoms with E-state index in [9.17, 15) is 19.5 Å². The molecule has 4 N–H and O–H groups in total. The number of nitrogens with zero attached hydrogens (tertiary/aromatic N) is 5. The summed E-state index contributed by atoms with van der Waals surface area (Å²) in [5, 5.41) is 19.0. The normalized spacial score (nSPS) is 20.7. The maximum atomic E-state index is 13.2. The first kappa shape index (κ1) is 27.4. The standard InChI is InChI=1S/C24H29N7O5S3/c1-4-36-28-16(13-11-38-23(25)26-13)19(32)27-17-20(33)31-18(22(34)35)12(10-37-21(17)31)9-29(2)24-30(3)14-7-5-6-8-15(14)39-24/h11,17,21H,4-10H2,1-3H3,(H3-,25,26,27,32,34,35)/p+1/b28-16+/t17?,21-/m1/s1. The molecule has 2 amide bonds. The zero-order valence-electron chi connectivity index (χ0n) is 21.8. The molecule has 39 heavy (non-hydrogen) atoms. The van der Waals surface area contributed by atoms with Crippen LogP contribution in [0.4, 0.5) is 10.3 Å². The first-order valence-electron chi connectivity index (χ1n) is 12.5. The fourth-order valence-electron chi connectivity index (χ4n) is 5.05. The van der Waals surface area contributed by atoms with Gasteiger partial charge in [-0.25, -0.2) is 14.3 Å². The van der Waals surface area contributed by atoms with E-state index in [1.54, 1.807) is 23.6 Å². The molecule has 1 saturated heterocycles. The van der Waals surface area contributed by atoms with Crippen molar-refractivity contribution in [3.05, 3.63) is 32.9 Å². The predicted octanol–water partition coefficient (Wildman–Crippen LogP) is 1.11. The highest BCUT2D eigenvalue weighted by Crippen LogP contribution is 2.41. The van der Waals surface area contributed by atoms with Crippen LogP contribution in [0.3, 0.4) is 0 Å². The Balaban J connectivity index is 1.33. The average Bonchev–Trinajstić information content (AvgIpc) is 3.50. The number of oxime groups is 1. The van der Waals surface area contributed by atoms with E-state index in [2.05, 4.69) is 32.0 Å². The first-order chi connectivity index (χ1) is 18.7. The first-order valence-corrected chi connectivity index (χ1v) is 15.3. The number of hydrogen-bond donors (Lipinski definition) is 3. The fraction of sp³-hybridized carbons (Fsp3) is 0.500. The van der Waals surface area contributed by atoms with Crippen LogP contribution in [0, 0.1) is 0 Å². The van der Waals surface area contributed by atoms with Crippen LogP contribution in [0.25, 0.3) is 0 Å². The summed E-state index contributed by atoms with van der Waals surface area (Å²) in [4.78, 5) is 52.5. The number of carboxylic acid groups (broad SMARTS) is 1. The summed E-state index contributed by atoms with van der Waals surface area (Å²) >= 11 is 4.33. The summed E-state index contributed by atoms with van der Waals surface area (Å²) in [6, 6.07) is -0.902. The Hall–Kier alpha value is -3.17. The number of amides is 2. The van der Waals surface area contributed by atoms with Crippen LogP contribution in [-0.2, 0) is 39.1 Å². The highest BCUT2D eigenvalue weighted by Gasteiger charge is 2.54. The van der Waals surface area contributed by atoms with Gasteiger partial charge in [-0.1, -0.05) is 16.5 Å². The molecule has 1 unspecified atom stereocenters. The highest BCUT2D eigenvalue weighted by atomic mass is 32.2. The number of nitrogens with two attached hydrogens (primary N) is 1. The molecule has 1 fully saturated rings. The molecule has 208 valence electrons. The highest BCUT2D eigenvalue weighted by molar-refractivity contribution is 8.00. The van der Waals surface area contributed by atoms with Crippen molar-refractivity contribution >= 4 is 68.2 Å². The van der Waals surface area contributed by atoms with Gasteiger partial charge in [-0.15, -0.1) is 23.1 Å². The average molecular weight is 593 g/mol. The van der Waals surface area contributed by atoms with Gasteiger partial charge in [-0.2, -0.15) is 0 Å². The van der Waals surface area contributed by atoms with E-state index in [4.69, 9.17) is 10.6 Å². The summed E-state index contributed by atoms with van der Waals surface area (Å²) in [7, 11) is 4.01. The van der Waals surface area contributed by atoms with Crippen molar-refractivity contribution in [2.45, 2.75) is 44.0 Å². The van der Waals surface area contributed by atoms with E-state index in [0.29, 0.717) is 17.9 Å². The zero-order valence-corrected chi connectivity index (χ0v) is 24.2. The second-order valence-electron chi connectivity index (χ2n) is 9.42. The Bertz CT molecular complexity index is 1380. The summed E-state index contributed by atoms with van der Waals surface area (Å²) in [6.07, 6.45) is 4.50. The number of hydrogen-bond acceptors (Lipinski definition) is 11. The molecule has 0 spiro atoms. The van der Waals surface area contributed by atoms with E-state index < -0.39 is 29.2 Å². The summed E-state index contributed by atoms with van der Waals surface area (Å²) < 4.78 is 2.20. The Morgan fingerprint density at radius 3 is 2.82 bits per heavy atom. The van der Waals surface area contributed by atoms with Gasteiger partial charge in [-0.3, -0.25) is 19.4 Å². The number of aliphatic carboxylic acids is 1. The monoisotopic (exact) mass is 592 g/mol. The van der Waals surface area contributed by atoms with Crippen LogP contribution in [0.5, 0.6) is 0 Å². The fourth-order valence-corrected chi connectivity index (χ4v) is 8.23. The predicted molar refractivity (Wildman–Crippen MR) is 150 cm³/mol. The number of nitrogens with one attached hydrogen (secondary N) is 1.